The van der Waals surface area contributed by atoms with Crippen molar-refractivity contribution < 1.29 is 43.9 Å². The van der Waals surface area contributed by atoms with Crippen molar-refractivity contribution in [3.63, 3.8) is 0 Å². The molecule has 12 heteroatoms. The fourth-order valence-electron chi connectivity index (χ4n) is 10.2. The van der Waals surface area contributed by atoms with Gasteiger partial charge in [-0.15, -0.1) is 0 Å². The number of nitrogens with two attached hydrogens (primary N) is 1. The van der Waals surface area contributed by atoms with Gasteiger partial charge in [-0.25, -0.2) is 15.0 Å². The number of esters is 1. The Hall–Kier alpha value is -2.09. The average molecular weight is 606 g/mol. The van der Waals surface area contributed by atoms with Crippen LogP contribution in [-0.4, -0.2) is 89.2 Å². The van der Waals surface area contributed by atoms with Gasteiger partial charge in [0.15, 0.2) is 6.29 Å². The van der Waals surface area contributed by atoms with E-state index in [1.807, 2.05) is 0 Å². The molecule has 0 aromatic carbocycles. The zero-order chi connectivity index (χ0) is 30.8. The summed E-state index contributed by atoms with van der Waals surface area (Å²) in [7, 11) is 1.56. The quantitative estimate of drug-likeness (QED) is 0.131. The number of methoxy groups -OCH3 is 1. The molecular formula is C31H47N3O9. The van der Waals surface area contributed by atoms with Crippen molar-refractivity contribution in [1.82, 2.24) is 5.43 Å². The molecule has 0 spiro atoms. The van der Waals surface area contributed by atoms with Gasteiger partial charge in [-0.2, -0.15) is 5.10 Å². The number of hydrogen-bond acceptors (Lipinski definition) is 10. The molecule has 0 radical (unpaired) electrons. The zero-order valence-corrected chi connectivity index (χ0v) is 25.4. The number of rotatable bonds is 6. The van der Waals surface area contributed by atoms with Gasteiger partial charge in [-0.3, -0.25) is 0 Å². The molecule has 6 aliphatic rings. The Morgan fingerprint density at radius 2 is 1.93 bits per heavy atom. The SMILES string of the molecule is CO[C@@H]1C[C@H](O[C@@H]2CC[C@]3(/C=N\NC(N)=O)[C@H]4CC[C@]5(C)[C@H](C6=CC(=O)OC6)CC[C@]5(O)[C@@H]4CC[C@]3(O)C2)O[C@H](C)[C@@H]1O. The van der Waals surface area contributed by atoms with Gasteiger partial charge < -0.3 is 40.0 Å². The van der Waals surface area contributed by atoms with E-state index in [0.29, 0.717) is 44.9 Å². The highest BCUT2D eigenvalue weighted by Crippen LogP contribution is 2.70. The first kappa shape index (κ1) is 30.9. The van der Waals surface area contributed by atoms with Gasteiger partial charge in [0, 0.05) is 43.1 Å². The Balaban J connectivity index is 1.27. The number of ether oxygens (including phenoxy) is 4. The van der Waals surface area contributed by atoms with Gasteiger partial charge in [-0.05, 0) is 81.6 Å². The molecule has 4 saturated carbocycles. The molecule has 0 aromatic rings. The van der Waals surface area contributed by atoms with Crippen LogP contribution in [0, 0.1) is 28.6 Å². The summed E-state index contributed by atoms with van der Waals surface area (Å²) in [6.45, 7) is 4.23. The second-order valence-corrected chi connectivity index (χ2v) is 14.1. The van der Waals surface area contributed by atoms with Crippen molar-refractivity contribution in [3.05, 3.63) is 11.6 Å². The van der Waals surface area contributed by atoms with Crippen LogP contribution in [0.4, 0.5) is 4.79 Å². The lowest BCUT2D eigenvalue weighted by Crippen LogP contribution is -2.69. The van der Waals surface area contributed by atoms with Crippen LogP contribution in [0.2, 0.25) is 0 Å². The predicted octanol–water partition coefficient (Wildman–Crippen LogP) is 1.89. The standard InChI is InChI=1S/C31H47N3O9/c1-17-26(36)23(40-3)13-25(42-17)43-19-4-9-29(16-33-34-27(32)37)21-5-8-28(2)20(18-12-24(35)41-15-18)7-11-31(28,39)22(21)6-10-30(29,38)14-19/h12,16-17,19-23,25-26,36,38-39H,4-11,13-15H2,1-3H3,(H3,32,34,37)/b33-16-/t17-,19-,20+,21+,22-,23-,25+,26+,28-,29+,30+,31+/m1/s1. The van der Waals surface area contributed by atoms with Crippen molar-refractivity contribution in [2.45, 2.75) is 120 Å². The number of aliphatic hydroxyl groups is 3. The highest BCUT2D eigenvalue weighted by Gasteiger charge is 2.71. The number of primary amides is 1. The van der Waals surface area contributed by atoms with E-state index in [1.54, 1.807) is 26.3 Å². The topological polar surface area (TPSA) is 182 Å². The van der Waals surface area contributed by atoms with E-state index in [4.69, 9.17) is 24.7 Å². The number of fused-ring (bicyclic) bond motifs is 5. The van der Waals surface area contributed by atoms with Crippen molar-refractivity contribution in [2.75, 3.05) is 13.7 Å². The van der Waals surface area contributed by atoms with Crippen LogP contribution in [-0.2, 0) is 23.7 Å². The number of nitrogens with one attached hydrogen (secondary N) is 1. The third-order valence-corrected chi connectivity index (χ3v) is 12.4. The summed E-state index contributed by atoms with van der Waals surface area (Å²) in [4.78, 5) is 23.5. The number of carbonyl (C=O) groups is 2. The summed E-state index contributed by atoms with van der Waals surface area (Å²) >= 11 is 0. The molecule has 2 heterocycles. The maximum Gasteiger partial charge on any atom is 0.332 e. The van der Waals surface area contributed by atoms with Crippen LogP contribution in [0.5, 0.6) is 0 Å². The second-order valence-electron chi connectivity index (χ2n) is 14.1. The Morgan fingerprint density at radius 3 is 2.63 bits per heavy atom. The first-order chi connectivity index (χ1) is 20.4. The normalized spacial score (nSPS) is 49.5. The molecule has 6 N–H and O–H groups in total. The third-order valence-electron chi connectivity index (χ3n) is 12.4. The number of hydrazone groups is 1. The summed E-state index contributed by atoms with van der Waals surface area (Å²) < 4.78 is 23.1. The summed E-state index contributed by atoms with van der Waals surface area (Å²) in [5.41, 5.74) is 5.22. The number of urea groups is 1. The van der Waals surface area contributed by atoms with E-state index in [-0.39, 0.29) is 36.4 Å². The molecular weight excluding hydrogens is 558 g/mol. The monoisotopic (exact) mass is 605 g/mol. The molecule has 2 aliphatic heterocycles. The summed E-state index contributed by atoms with van der Waals surface area (Å²) in [6, 6.07) is -0.783. The molecule has 4 aliphatic carbocycles. The van der Waals surface area contributed by atoms with Gasteiger partial charge >= 0.3 is 12.0 Å². The molecule has 0 bridgehead atoms. The Kier molecular flexibility index (Phi) is 7.95. The molecule has 0 aromatic heterocycles. The number of amides is 2. The summed E-state index contributed by atoms with van der Waals surface area (Å²) in [5, 5.41) is 39.7. The first-order valence-electron chi connectivity index (χ1n) is 15.8. The number of carbonyl (C=O) groups excluding carboxylic acids is 2. The number of nitrogens with zero attached hydrogens (tertiary/aromatic N) is 1. The predicted molar refractivity (Wildman–Crippen MR) is 153 cm³/mol. The Labute approximate surface area is 252 Å². The average Bonchev–Trinajstić information content (AvgIpc) is 3.50. The lowest BCUT2D eigenvalue weighted by molar-refractivity contribution is -0.284. The van der Waals surface area contributed by atoms with Crippen molar-refractivity contribution in [3.8, 4) is 0 Å². The van der Waals surface area contributed by atoms with Crippen LogP contribution in [0.15, 0.2) is 16.8 Å². The van der Waals surface area contributed by atoms with Gasteiger partial charge in [0.05, 0.1) is 29.5 Å². The van der Waals surface area contributed by atoms with Crippen LogP contribution in [0.25, 0.3) is 0 Å². The van der Waals surface area contributed by atoms with Gasteiger partial charge in [0.1, 0.15) is 12.7 Å². The van der Waals surface area contributed by atoms with Crippen LogP contribution < -0.4 is 11.2 Å². The van der Waals surface area contributed by atoms with E-state index in [2.05, 4.69) is 17.5 Å². The molecule has 12 atom stereocenters. The second kappa shape index (κ2) is 11.1. The molecule has 6 rings (SSSR count). The Bertz CT molecular complexity index is 1180. The number of cyclic esters (lactones) is 1. The molecule has 12 nitrogen and oxygen atoms in total. The lowest BCUT2D eigenvalue weighted by atomic mass is 9.41. The maximum atomic E-state index is 12.6. The lowest BCUT2D eigenvalue weighted by Gasteiger charge is -2.66. The minimum atomic E-state index is -1.20. The zero-order valence-electron chi connectivity index (χ0n) is 25.4. The smallest absolute Gasteiger partial charge is 0.332 e. The fourth-order valence-corrected chi connectivity index (χ4v) is 10.2. The van der Waals surface area contributed by atoms with Crippen LogP contribution in [0.3, 0.4) is 0 Å². The first-order valence-corrected chi connectivity index (χ1v) is 15.8. The third kappa shape index (κ3) is 4.84. The number of aliphatic hydroxyl groups excluding tert-OH is 1. The molecule has 0 unspecified atom stereocenters. The van der Waals surface area contributed by atoms with Gasteiger partial charge in [0.25, 0.3) is 0 Å². The summed E-state index contributed by atoms with van der Waals surface area (Å²) in [5.74, 6) is -0.442. The van der Waals surface area contributed by atoms with E-state index >= 15 is 0 Å². The minimum absolute atomic E-state index is 0.0586. The van der Waals surface area contributed by atoms with E-state index in [9.17, 15) is 24.9 Å². The summed E-state index contributed by atoms with van der Waals surface area (Å²) in [6.07, 6.45) is 6.66. The highest BCUT2D eigenvalue weighted by molar-refractivity contribution is 5.85. The molecule has 5 fully saturated rings. The van der Waals surface area contributed by atoms with Gasteiger partial charge in [0.2, 0.25) is 0 Å². The Morgan fingerprint density at radius 1 is 1.16 bits per heavy atom. The fraction of sp³-hybridized carbons (Fsp3) is 0.839. The van der Waals surface area contributed by atoms with E-state index in [0.717, 1.165) is 24.8 Å². The van der Waals surface area contributed by atoms with Crippen LogP contribution in [0.1, 0.15) is 78.1 Å². The van der Waals surface area contributed by atoms with Crippen LogP contribution >= 0.6 is 0 Å². The van der Waals surface area contributed by atoms with Crippen molar-refractivity contribution in [1.29, 1.82) is 0 Å². The molecule has 240 valence electrons. The van der Waals surface area contributed by atoms with Crippen molar-refractivity contribution in [2.24, 2.45) is 39.4 Å². The molecule has 2 amide bonds. The van der Waals surface area contributed by atoms with E-state index in [1.165, 1.54) is 0 Å². The molecule has 1 saturated heterocycles. The largest absolute Gasteiger partial charge is 0.458 e. The van der Waals surface area contributed by atoms with Gasteiger partial charge in [-0.1, -0.05) is 6.92 Å². The highest BCUT2D eigenvalue weighted by atomic mass is 16.7. The maximum absolute atomic E-state index is 12.6. The van der Waals surface area contributed by atoms with Crippen molar-refractivity contribution >= 4 is 18.2 Å². The number of hydrogen-bond donors (Lipinski definition) is 5. The van der Waals surface area contributed by atoms with E-state index < -0.39 is 52.7 Å². The minimum Gasteiger partial charge on any atom is -0.458 e. The molecule has 43 heavy (non-hydrogen) atoms.